The average Bonchev–Trinajstić information content (AvgIpc) is 2.68. The first-order valence-corrected chi connectivity index (χ1v) is 9.31. The minimum atomic E-state index is 0.486. The summed E-state index contributed by atoms with van der Waals surface area (Å²) < 4.78 is 10.8. The number of hydrogen-bond donors (Lipinski definition) is 2. The van der Waals surface area contributed by atoms with E-state index in [2.05, 4.69) is 20.6 Å². The fourth-order valence-electron chi connectivity index (χ4n) is 2.53. The molecule has 0 spiro atoms. The van der Waals surface area contributed by atoms with Gasteiger partial charge in [0.1, 0.15) is 23.9 Å². The SMILES string of the molecule is COc1ccc(OCCNc2nc(C)cc(Nc3ccc(C)c(Cl)c3)n2)cc1. The van der Waals surface area contributed by atoms with Crippen LogP contribution < -0.4 is 20.1 Å². The summed E-state index contributed by atoms with van der Waals surface area (Å²) in [5.74, 6) is 2.82. The molecule has 0 amide bonds. The van der Waals surface area contributed by atoms with Crippen LogP contribution in [-0.4, -0.2) is 30.2 Å². The molecule has 0 saturated heterocycles. The molecule has 2 N–H and O–H groups in total. The lowest BCUT2D eigenvalue weighted by Crippen LogP contribution is -2.14. The number of nitrogens with zero attached hydrogens (tertiary/aromatic N) is 2. The summed E-state index contributed by atoms with van der Waals surface area (Å²) in [5, 5.41) is 7.16. The molecule has 0 atom stereocenters. The maximum absolute atomic E-state index is 6.19. The minimum Gasteiger partial charge on any atom is -0.497 e. The molecule has 0 fully saturated rings. The third kappa shape index (κ3) is 5.50. The van der Waals surface area contributed by atoms with Gasteiger partial charge in [-0.2, -0.15) is 4.98 Å². The summed E-state index contributed by atoms with van der Waals surface area (Å²) in [6, 6.07) is 15.2. The summed E-state index contributed by atoms with van der Waals surface area (Å²) >= 11 is 6.19. The lowest BCUT2D eigenvalue weighted by atomic mass is 10.2. The molecule has 0 radical (unpaired) electrons. The highest BCUT2D eigenvalue weighted by molar-refractivity contribution is 6.31. The Kier molecular flexibility index (Phi) is 6.55. The number of nitrogens with one attached hydrogen (secondary N) is 2. The van der Waals surface area contributed by atoms with Gasteiger partial charge in [0, 0.05) is 22.5 Å². The molecule has 3 rings (SSSR count). The molecule has 0 aliphatic carbocycles. The highest BCUT2D eigenvalue weighted by Gasteiger charge is 2.04. The molecule has 146 valence electrons. The van der Waals surface area contributed by atoms with Crippen molar-refractivity contribution in [2.24, 2.45) is 0 Å². The molecule has 28 heavy (non-hydrogen) atoms. The van der Waals surface area contributed by atoms with Crippen molar-refractivity contribution in [1.82, 2.24) is 9.97 Å². The van der Waals surface area contributed by atoms with E-state index >= 15 is 0 Å². The van der Waals surface area contributed by atoms with Crippen molar-refractivity contribution in [1.29, 1.82) is 0 Å². The van der Waals surface area contributed by atoms with Gasteiger partial charge in [0.05, 0.1) is 13.7 Å². The van der Waals surface area contributed by atoms with Crippen molar-refractivity contribution >= 4 is 29.1 Å². The third-order valence-electron chi connectivity index (χ3n) is 4.01. The van der Waals surface area contributed by atoms with Gasteiger partial charge in [-0.05, 0) is 55.8 Å². The number of hydrogen-bond acceptors (Lipinski definition) is 6. The Morgan fingerprint density at radius 2 is 1.71 bits per heavy atom. The van der Waals surface area contributed by atoms with Crippen molar-refractivity contribution in [3.8, 4) is 11.5 Å². The monoisotopic (exact) mass is 398 g/mol. The number of aryl methyl sites for hydroxylation is 2. The normalized spacial score (nSPS) is 10.4. The number of anilines is 3. The molecule has 7 heteroatoms. The number of methoxy groups -OCH3 is 1. The molecule has 0 aliphatic heterocycles. The number of rotatable bonds is 8. The highest BCUT2D eigenvalue weighted by atomic mass is 35.5. The van der Waals surface area contributed by atoms with Crippen LogP contribution in [0.1, 0.15) is 11.3 Å². The maximum Gasteiger partial charge on any atom is 0.224 e. The van der Waals surface area contributed by atoms with Crippen LogP contribution >= 0.6 is 11.6 Å². The van der Waals surface area contributed by atoms with Gasteiger partial charge in [-0.3, -0.25) is 0 Å². The van der Waals surface area contributed by atoms with Crippen molar-refractivity contribution < 1.29 is 9.47 Å². The lowest BCUT2D eigenvalue weighted by Gasteiger charge is -2.11. The summed E-state index contributed by atoms with van der Waals surface area (Å²) in [6.07, 6.45) is 0. The smallest absolute Gasteiger partial charge is 0.224 e. The summed E-state index contributed by atoms with van der Waals surface area (Å²) in [4.78, 5) is 8.91. The Bertz CT molecular complexity index is 932. The third-order valence-corrected chi connectivity index (χ3v) is 4.42. The Labute approximate surface area is 169 Å². The van der Waals surface area contributed by atoms with Crippen molar-refractivity contribution in [2.45, 2.75) is 13.8 Å². The van der Waals surface area contributed by atoms with Gasteiger partial charge >= 0.3 is 0 Å². The number of halogens is 1. The topological polar surface area (TPSA) is 68.3 Å². The first kappa shape index (κ1) is 19.8. The molecule has 3 aromatic rings. The summed E-state index contributed by atoms with van der Waals surface area (Å²) in [7, 11) is 1.64. The molecular weight excluding hydrogens is 376 g/mol. The van der Waals surface area contributed by atoms with E-state index in [1.54, 1.807) is 7.11 Å². The van der Waals surface area contributed by atoms with Crippen LogP contribution in [0.3, 0.4) is 0 Å². The Balaban J connectivity index is 1.55. The van der Waals surface area contributed by atoms with Crippen molar-refractivity contribution in [3.05, 3.63) is 64.8 Å². The second-order valence-electron chi connectivity index (χ2n) is 6.26. The van der Waals surface area contributed by atoms with Crippen molar-refractivity contribution in [3.63, 3.8) is 0 Å². The van der Waals surface area contributed by atoms with E-state index in [0.717, 1.165) is 28.4 Å². The van der Waals surface area contributed by atoms with Crippen LogP contribution in [0.15, 0.2) is 48.5 Å². The summed E-state index contributed by atoms with van der Waals surface area (Å²) in [6.45, 7) is 4.95. The van der Waals surface area contributed by atoms with E-state index in [1.165, 1.54) is 0 Å². The van der Waals surface area contributed by atoms with Gasteiger partial charge in [-0.1, -0.05) is 17.7 Å². The first-order chi connectivity index (χ1) is 13.5. The number of ether oxygens (including phenoxy) is 2. The maximum atomic E-state index is 6.19. The molecule has 1 heterocycles. The average molecular weight is 399 g/mol. The zero-order valence-electron chi connectivity index (χ0n) is 16.1. The van der Waals surface area contributed by atoms with E-state index in [4.69, 9.17) is 21.1 Å². The quantitative estimate of drug-likeness (QED) is 0.521. The van der Waals surface area contributed by atoms with Gasteiger partial charge in [0.25, 0.3) is 0 Å². The van der Waals surface area contributed by atoms with E-state index in [0.29, 0.717) is 29.9 Å². The molecule has 0 saturated carbocycles. The van der Waals surface area contributed by atoms with Crippen molar-refractivity contribution in [2.75, 3.05) is 30.9 Å². The standard InChI is InChI=1S/C21H23ClN4O2/c1-14-4-5-16(13-19(14)22)25-20-12-15(2)24-21(26-20)23-10-11-28-18-8-6-17(27-3)7-9-18/h4-9,12-13H,10-11H2,1-3H3,(H2,23,24,25,26). The van der Waals surface area contributed by atoms with E-state index in [-0.39, 0.29) is 0 Å². The number of benzene rings is 2. The Morgan fingerprint density at radius 3 is 2.43 bits per heavy atom. The molecule has 1 aromatic heterocycles. The van der Waals surface area contributed by atoms with Gasteiger partial charge in [-0.15, -0.1) is 0 Å². The van der Waals surface area contributed by atoms with Crippen LogP contribution in [0.25, 0.3) is 0 Å². The Morgan fingerprint density at radius 1 is 0.964 bits per heavy atom. The first-order valence-electron chi connectivity index (χ1n) is 8.93. The van der Waals surface area contributed by atoms with Crippen LogP contribution in [0.5, 0.6) is 11.5 Å². The van der Waals surface area contributed by atoms with E-state index in [1.807, 2.05) is 62.4 Å². The number of aromatic nitrogens is 2. The summed E-state index contributed by atoms with van der Waals surface area (Å²) in [5.41, 5.74) is 2.77. The van der Waals surface area contributed by atoms with Crippen LogP contribution in [0.4, 0.5) is 17.5 Å². The van der Waals surface area contributed by atoms with Gasteiger partial charge in [0.15, 0.2) is 0 Å². The van der Waals surface area contributed by atoms with E-state index in [9.17, 15) is 0 Å². The Hall–Kier alpha value is -2.99. The molecule has 0 aliphatic rings. The predicted octanol–water partition coefficient (Wildman–Crippen LogP) is 4.99. The zero-order chi connectivity index (χ0) is 19.9. The second kappa shape index (κ2) is 9.28. The van der Waals surface area contributed by atoms with Gasteiger partial charge in [-0.25, -0.2) is 4.98 Å². The second-order valence-corrected chi connectivity index (χ2v) is 6.67. The van der Waals surface area contributed by atoms with Crippen LogP contribution in [-0.2, 0) is 0 Å². The fraction of sp³-hybridized carbons (Fsp3) is 0.238. The van der Waals surface area contributed by atoms with Crippen LogP contribution in [0, 0.1) is 13.8 Å². The van der Waals surface area contributed by atoms with E-state index < -0.39 is 0 Å². The minimum absolute atomic E-state index is 0.486. The zero-order valence-corrected chi connectivity index (χ0v) is 16.9. The van der Waals surface area contributed by atoms with Crippen LogP contribution in [0.2, 0.25) is 5.02 Å². The molecule has 0 bridgehead atoms. The molecule has 0 unspecified atom stereocenters. The lowest BCUT2D eigenvalue weighted by molar-refractivity contribution is 0.331. The largest absolute Gasteiger partial charge is 0.497 e. The molecule has 6 nitrogen and oxygen atoms in total. The predicted molar refractivity (Wildman–Crippen MR) is 113 cm³/mol. The van der Waals surface area contributed by atoms with Gasteiger partial charge < -0.3 is 20.1 Å². The highest BCUT2D eigenvalue weighted by Crippen LogP contribution is 2.23. The van der Waals surface area contributed by atoms with Gasteiger partial charge in [0.2, 0.25) is 5.95 Å². The molecular formula is C21H23ClN4O2. The fourth-order valence-corrected chi connectivity index (χ4v) is 2.71. The molecule has 2 aromatic carbocycles.